The zero-order valence-electron chi connectivity index (χ0n) is 26.7. The van der Waals surface area contributed by atoms with Crippen molar-refractivity contribution in [3.63, 3.8) is 0 Å². The lowest BCUT2D eigenvalue weighted by Crippen LogP contribution is -2.12. The maximum atomic E-state index is 2.46. The molecule has 8 rings (SSSR count). The van der Waals surface area contributed by atoms with E-state index in [4.69, 9.17) is 0 Å². The van der Waals surface area contributed by atoms with Gasteiger partial charge in [-0.1, -0.05) is 165 Å². The molecule has 47 heavy (non-hydrogen) atoms. The maximum Gasteiger partial charge on any atom is 0.0540 e. The molecule has 1 fully saturated rings. The Morgan fingerprint density at radius 2 is 0.915 bits per heavy atom. The lowest BCUT2D eigenvalue weighted by Gasteiger charge is -2.30. The van der Waals surface area contributed by atoms with E-state index < -0.39 is 0 Å². The normalized spacial score (nSPS) is 13.4. The van der Waals surface area contributed by atoms with Crippen molar-refractivity contribution < 1.29 is 0 Å². The van der Waals surface area contributed by atoms with Crippen LogP contribution in [-0.4, -0.2) is 0 Å². The monoisotopic (exact) mass is 605 g/mol. The summed E-state index contributed by atoms with van der Waals surface area (Å²) in [4.78, 5) is 2.46. The summed E-state index contributed by atoms with van der Waals surface area (Å²) in [6.07, 6.45) is 6.57. The predicted molar refractivity (Wildman–Crippen MR) is 201 cm³/mol. The average Bonchev–Trinajstić information content (AvgIpc) is 3.16. The van der Waals surface area contributed by atoms with Gasteiger partial charge in [0.15, 0.2) is 0 Å². The second-order valence-corrected chi connectivity index (χ2v) is 12.7. The van der Waals surface area contributed by atoms with Crippen molar-refractivity contribution in [2.45, 2.75) is 38.0 Å². The van der Waals surface area contributed by atoms with E-state index >= 15 is 0 Å². The van der Waals surface area contributed by atoms with E-state index in [-0.39, 0.29) is 0 Å². The third-order valence-corrected chi connectivity index (χ3v) is 9.88. The molecular weight excluding hydrogens is 567 g/mol. The summed E-state index contributed by atoms with van der Waals surface area (Å²) < 4.78 is 0. The molecule has 0 aliphatic heterocycles. The first kappa shape index (κ1) is 29.0. The molecule has 0 atom stereocenters. The molecule has 1 aliphatic carbocycles. The number of hydrogen-bond donors (Lipinski definition) is 0. The fourth-order valence-corrected chi connectivity index (χ4v) is 7.62. The fourth-order valence-electron chi connectivity index (χ4n) is 7.62. The van der Waals surface area contributed by atoms with Gasteiger partial charge in [-0.15, -0.1) is 0 Å². The molecule has 0 radical (unpaired) electrons. The van der Waals surface area contributed by atoms with E-state index in [1.807, 2.05) is 0 Å². The molecule has 7 aromatic rings. The molecule has 0 amide bonds. The van der Waals surface area contributed by atoms with Crippen LogP contribution in [0.3, 0.4) is 0 Å². The van der Waals surface area contributed by atoms with Crippen molar-refractivity contribution in [1.29, 1.82) is 0 Å². The Balaban J connectivity index is 1.31. The van der Waals surface area contributed by atoms with E-state index in [2.05, 4.69) is 175 Å². The van der Waals surface area contributed by atoms with E-state index in [9.17, 15) is 0 Å². The predicted octanol–water partition coefficient (Wildman–Crippen LogP) is 13.4. The van der Waals surface area contributed by atoms with Crippen molar-refractivity contribution in [3.05, 3.63) is 175 Å². The Hall–Kier alpha value is -5.40. The molecule has 0 N–H and O–H groups in total. The topological polar surface area (TPSA) is 3.24 Å². The van der Waals surface area contributed by atoms with Crippen LogP contribution in [0.25, 0.3) is 44.2 Å². The van der Waals surface area contributed by atoms with Gasteiger partial charge in [-0.05, 0) is 81.6 Å². The van der Waals surface area contributed by atoms with E-state index in [0.717, 1.165) is 11.4 Å². The summed E-state index contributed by atoms with van der Waals surface area (Å²) in [5.41, 5.74) is 12.4. The molecule has 1 heteroatoms. The summed E-state index contributed by atoms with van der Waals surface area (Å²) in [5, 5.41) is 2.73. The summed E-state index contributed by atoms with van der Waals surface area (Å²) >= 11 is 0. The first-order valence-electron chi connectivity index (χ1n) is 17.1. The van der Waals surface area contributed by atoms with Gasteiger partial charge in [-0.3, -0.25) is 0 Å². The minimum absolute atomic E-state index is 0.616. The van der Waals surface area contributed by atoms with Gasteiger partial charge in [0.25, 0.3) is 0 Å². The highest BCUT2D eigenvalue weighted by atomic mass is 15.1. The number of anilines is 3. The smallest absolute Gasteiger partial charge is 0.0540 e. The van der Waals surface area contributed by atoms with Gasteiger partial charge in [0.2, 0.25) is 0 Å². The summed E-state index contributed by atoms with van der Waals surface area (Å²) in [6, 6.07) is 62.1. The minimum Gasteiger partial charge on any atom is -0.309 e. The van der Waals surface area contributed by atoms with Crippen LogP contribution in [0.2, 0.25) is 0 Å². The van der Waals surface area contributed by atoms with E-state index in [1.165, 1.54) is 87.5 Å². The van der Waals surface area contributed by atoms with Crippen molar-refractivity contribution >= 4 is 27.8 Å². The molecule has 7 aromatic carbocycles. The number of para-hydroxylation sites is 3. The second kappa shape index (κ2) is 13.1. The molecule has 0 heterocycles. The Morgan fingerprint density at radius 1 is 0.383 bits per heavy atom. The third-order valence-electron chi connectivity index (χ3n) is 9.88. The van der Waals surface area contributed by atoms with E-state index in [1.54, 1.807) is 0 Å². The summed E-state index contributed by atoms with van der Waals surface area (Å²) in [6.45, 7) is 0. The van der Waals surface area contributed by atoms with Gasteiger partial charge in [-0.25, -0.2) is 0 Å². The average molecular weight is 606 g/mol. The number of rotatable bonds is 7. The van der Waals surface area contributed by atoms with Gasteiger partial charge in [0, 0.05) is 16.8 Å². The van der Waals surface area contributed by atoms with Crippen LogP contribution in [0.1, 0.15) is 43.6 Å². The number of benzene rings is 7. The maximum absolute atomic E-state index is 2.46. The molecule has 0 saturated heterocycles. The van der Waals surface area contributed by atoms with Gasteiger partial charge in [0.05, 0.1) is 11.4 Å². The fraction of sp³-hybridized carbons (Fsp3) is 0.130. The molecule has 1 aliphatic rings. The van der Waals surface area contributed by atoms with Gasteiger partial charge < -0.3 is 4.90 Å². The van der Waals surface area contributed by atoms with Crippen LogP contribution in [0.5, 0.6) is 0 Å². The van der Waals surface area contributed by atoms with Crippen LogP contribution < -0.4 is 4.90 Å². The van der Waals surface area contributed by atoms with Crippen LogP contribution in [0.15, 0.2) is 170 Å². The van der Waals surface area contributed by atoms with Gasteiger partial charge >= 0.3 is 0 Å². The quantitative estimate of drug-likeness (QED) is 0.175. The number of nitrogens with zero attached hydrogens (tertiary/aromatic N) is 1. The lowest BCUT2D eigenvalue weighted by atomic mass is 9.80. The summed E-state index contributed by atoms with van der Waals surface area (Å²) in [7, 11) is 0. The molecular formula is C46H39N. The molecule has 1 nitrogen and oxygen atoms in total. The molecule has 228 valence electrons. The standard InChI is InChI=1S/C46H39N/c1-4-16-34(17-5-1)35-30-32-37(33-31-35)40-24-10-12-28-44(40)47(39-22-8-3-9-23-39)45-29-13-11-25-42(45)43-27-15-21-38-20-14-26-41(46(38)43)36-18-6-2-7-19-36/h1,3-5,8-17,20-33,36H,2,6-7,18-19H2. The second-order valence-electron chi connectivity index (χ2n) is 12.7. The molecule has 0 bridgehead atoms. The van der Waals surface area contributed by atoms with Crippen molar-refractivity contribution in [1.82, 2.24) is 0 Å². The first-order valence-corrected chi connectivity index (χ1v) is 17.1. The Bertz CT molecular complexity index is 2100. The molecule has 0 aromatic heterocycles. The van der Waals surface area contributed by atoms with Crippen LogP contribution in [-0.2, 0) is 0 Å². The SMILES string of the molecule is c1ccc(-c2ccc(-c3ccccc3N(c3ccccc3)c3ccccc3-c3cccc4cccc(C5CCCCC5)c34)cc2)cc1. The zero-order valence-corrected chi connectivity index (χ0v) is 26.7. The van der Waals surface area contributed by atoms with Crippen molar-refractivity contribution in [2.75, 3.05) is 4.90 Å². The Labute approximate surface area is 278 Å². The molecule has 0 unspecified atom stereocenters. The first-order chi connectivity index (χ1) is 23.3. The largest absolute Gasteiger partial charge is 0.309 e. The van der Waals surface area contributed by atoms with Crippen LogP contribution in [0, 0.1) is 0 Å². The zero-order chi connectivity index (χ0) is 31.4. The highest BCUT2D eigenvalue weighted by Crippen LogP contribution is 2.47. The number of hydrogen-bond acceptors (Lipinski definition) is 1. The van der Waals surface area contributed by atoms with Crippen molar-refractivity contribution in [2.24, 2.45) is 0 Å². The van der Waals surface area contributed by atoms with Crippen LogP contribution >= 0.6 is 0 Å². The van der Waals surface area contributed by atoms with Crippen molar-refractivity contribution in [3.8, 4) is 33.4 Å². The van der Waals surface area contributed by atoms with E-state index in [0.29, 0.717) is 5.92 Å². The highest BCUT2D eigenvalue weighted by molar-refractivity contribution is 6.04. The molecule has 0 spiro atoms. The highest BCUT2D eigenvalue weighted by Gasteiger charge is 2.23. The molecule has 1 saturated carbocycles. The minimum atomic E-state index is 0.616. The lowest BCUT2D eigenvalue weighted by molar-refractivity contribution is 0.445. The van der Waals surface area contributed by atoms with Gasteiger partial charge in [0.1, 0.15) is 0 Å². The summed E-state index contributed by atoms with van der Waals surface area (Å²) in [5.74, 6) is 0.616. The third kappa shape index (κ3) is 5.75. The number of fused-ring (bicyclic) bond motifs is 1. The van der Waals surface area contributed by atoms with Crippen LogP contribution in [0.4, 0.5) is 17.1 Å². The Kier molecular flexibility index (Phi) is 8.12. The van der Waals surface area contributed by atoms with Gasteiger partial charge in [-0.2, -0.15) is 0 Å². The Morgan fingerprint density at radius 3 is 1.64 bits per heavy atom.